The van der Waals surface area contributed by atoms with Crippen molar-refractivity contribution < 1.29 is 17.8 Å². The zero-order valence-electron chi connectivity index (χ0n) is 2.08. The fraction of sp³-hybridized carbons (Fsp3) is 0. The van der Waals surface area contributed by atoms with Gasteiger partial charge < -0.3 is 5.48 Å². The summed E-state index contributed by atoms with van der Waals surface area (Å²) >= 11 is -1.77. The molecule has 34 valence electrons. The van der Waals surface area contributed by atoms with Crippen LogP contribution in [0.15, 0.2) is 0 Å². The van der Waals surface area contributed by atoms with E-state index in [-0.39, 0.29) is 5.48 Å². The standard InChI is InChI=1S/3ClH.H2O.V/h3*1H;1H2;/q;;;;+3/p-3. The van der Waals surface area contributed by atoms with Gasteiger partial charge in [0, 0.05) is 0 Å². The molecular weight excluding hydrogens is 173 g/mol. The molecule has 0 atom stereocenters. The summed E-state index contributed by atoms with van der Waals surface area (Å²) in [7, 11) is 14.9. The molecule has 0 spiro atoms. The van der Waals surface area contributed by atoms with E-state index < -0.39 is 12.3 Å². The SMILES string of the molecule is O.[Cl][V]([Cl])[Cl]. The molecule has 0 aliphatic carbocycles. The molecule has 0 radical (unpaired) electrons. The van der Waals surface area contributed by atoms with Crippen molar-refractivity contribution in [1.82, 2.24) is 0 Å². The van der Waals surface area contributed by atoms with Gasteiger partial charge in [0.1, 0.15) is 0 Å². The molecule has 5 heavy (non-hydrogen) atoms. The molecule has 0 aromatic rings. The van der Waals surface area contributed by atoms with Crippen LogP contribution >= 0.6 is 29.5 Å². The van der Waals surface area contributed by atoms with Crippen molar-refractivity contribution in [3.8, 4) is 0 Å². The van der Waals surface area contributed by atoms with Crippen LogP contribution < -0.4 is 0 Å². The van der Waals surface area contributed by atoms with Crippen molar-refractivity contribution >= 4 is 29.5 Å². The molecule has 2 N–H and O–H groups in total. The fourth-order valence-electron chi connectivity index (χ4n) is 0. The molecule has 0 aromatic carbocycles. The molecule has 0 saturated carbocycles. The van der Waals surface area contributed by atoms with Gasteiger partial charge >= 0.3 is 41.8 Å². The summed E-state index contributed by atoms with van der Waals surface area (Å²) in [4.78, 5) is 0. The maximum atomic E-state index is 4.95. The van der Waals surface area contributed by atoms with Gasteiger partial charge in [-0.25, -0.2) is 0 Å². The summed E-state index contributed by atoms with van der Waals surface area (Å²) in [6, 6.07) is 0. The first-order valence-electron chi connectivity index (χ1n) is 0.507. The molecule has 0 heterocycles. The third kappa shape index (κ3) is 31.6. The third-order valence-corrected chi connectivity index (χ3v) is 0. The number of hydrogen-bond acceptors (Lipinski definition) is 0. The third-order valence-electron chi connectivity index (χ3n) is 0. The Morgan fingerprint density at radius 1 is 1.00 bits per heavy atom. The van der Waals surface area contributed by atoms with Crippen molar-refractivity contribution in [3.05, 3.63) is 0 Å². The van der Waals surface area contributed by atoms with Gasteiger partial charge in [0.05, 0.1) is 0 Å². The van der Waals surface area contributed by atoms with E-state index in [9.17, 15) is 0 Å². The van der Waals surface area contributed by atoms with Gasteiger partial charge in [-0.15, -0.1) is 0 Å². The predicted molar refractivity (Wildman–Crippen MR) is 21.2 cm³/mol. The zero-order valence-corrected chi connectivity index (χ0v) is 5.75. The first-order chi connectivity index (χ1) is 1.73. The average Bonchev–Trinajstić information content (AvgIpc) is 0.811. The van der Waals surface area contributed by atoms with Crippen LogP contribution in [0.4, 0.5) is 0 Å². The fourth-order valence-corrected chi connectivity index (χ4v) is 0. The average molecular weight is 175 g/mol. The van der Waals surface area contributed by atoms with Gasteiger partial charge in [-0.05, 0) is 0 Å². The molecule has 0 aliphatic heterocycles. The Kier molecular flexibility index (Phi) is 10.4. The quantitative estimate of drug-likeness (QED) is 0.530. The predicted octanol–water partition coefficient (Wildman–Crippen LogP) is 1.24. The molecule has 0 aromatic heterocycles. The molecule has 0 fully saturated rings. The first-order valence-corrected chi connectivity index (χ1v) is 6.27. The summed E-state index contributed by atoms with van der Waals surface area (Å²) in [5.74, 6) is 0. The van der Waals surface area contributed by atoms with Crippen molar-refractivity contribution in [2.45, 2.75) is 0 Å². The summed E-state index contributed by atoms with van der Waals surface area (Å²) in [6.45, 7) is 0. The van der Waals surface area contributed by atoms with E-state index in [1.54, 1.807) is 0 Å². The normalized spacial score (nSPS) is 7.20. The second-order valence-electron chi connectivity index (χ2n) is 0.192. The van der Waals surface area contributed by atoms with Crippen molar-refractivity contribution in [3.63, 3.8) is 0 Å². The van der Waals surface area contributed by atoms with E-state index in [2.05, 4.69) is 0 Å². The zero-order chi connectivity index (χ0) is 3.58. The summed E-state index contributed by atoms with van der Waals surface area (Å²) in [5, 5.41) is 0. The molecule has 0 aliphatic rings. The Labute approximate surface area is 47.4 Å². The second-order valence-corrected chi connectivity index (χ2v) is 7.11. The second kappa shape index (κ2) is 5.41. The Hall–Kier alpha value is 1.41. The Morgan fingerprint density at radius 3 is 1.00 bits per heavy atom. The number of rotatable bonds is 0. The van der Waals surface area contributed by atoms with E-state index in [1.165, 1.54) is 0 Å². The van der Waals surface area contributed by atoms with Crippen LogP contribution in [-0.2, 0) is 12.3 Å². The van der Waals surface area contributed by atoms with Crippen LogP contribution in [0.25, 0.3) is 0 Å². The van der Waals surface area contributed by atoms with Gasteiger partial charge in [0.2, 0.25) is 0 Å². The van der Waals surface area contributed by atoms with Crippen LogP contribution in [0.5, 0.6) is 0 Å². The molecule has 1 nitrogen and oxygen atoms in total. The van der Waals surface area contributed by atoms with Crippen LogP contribution in [0, 0.1) is 0 Å². The first kappa shape index (κ1) is 9.65. The van der Waals surface area contributed by atoms with Crippen LogP contribution in [0.1, 0.15) is 0 Å². The minimum absolute atomic E-state index is 0. The number of halogens is 3. The van der Waals surface area contributed by atoms with Gasteiger partial charge in [0.15, 0.2) is 0 Å². The van der Waals surface area contributed by atoms with Crippen molar-refractivity contribution in [2.24, 2.45) is 0 Å². The van der Waals surface area contributed by atoms with E-state index in [1.807, 2.05) is 0 Å². The molecular formula is H2Cl3OV. The molecule has 5 heteroatoms. The summed E-state index contributed by atoms with van der Waals surface area (Å²) < 4.78 is 0. The molecule has 0 unspecified atom stereocenters. The number of hydrogen-bond donors (Lipinski definition) is 0. The van der Waals surface area contributed by atoms with E-state index in [0.29, 0.717) is 0 Å². The van der Waals surface area contributed by atoms with Crippen LogP contribution in [-0.4, -0.2) is 5.48 Å². The summed E-state index contributed by atoms with van der Waals surface area (Å²) in [5.41, 5.74) is 0. The van der Waals surface area contributed by atoms with Gasteiger partial charge in [-0.2, -0.15) is 0 Å². The van der Waals surface area contributed by atoms with E-state index >= 15 is 0 Å². The Balaban J connectivity index is 0. The molecule has 0 saturated heterocycles. The van der Waals surface area contributed by atoms with Gasteiger partial charge in [-0.1, -0.05) is 0 Å². The topological polar surface area (TPSA) is 31.5 Å². The van der Waals surface area contributed by atoms with E-state index in [0.717, 1.165) is 0 Å². The molecule has 0 bridgehead atoms. The minimum atomic E-state index is -1.77. The van der Waals surface area contributed by atoms with E-state index in [4.69, 9.17) is 29.5 Å². The summed E-state index contributed by atoms with van der Waals surface area (Å²) in [6.07, 6.45) is 0. The Bertz CT molecular complexity index is 11.6. The van der Waals surface area contributed by atoms with Crippen molar-refractivity contribution in [2.75, 3.05) is 0 Å². The van der Waals surface area contributed by atoms with Crippen molar-refractivity contribution in [1.29, 1.82) is 0 Å². The van der Waals surface area contributed by atoms with Gasteiger partial charge in [-0.3, -0.25) is 0 Å². The maximum absolute atomic E-state index is 4.95. The Morgan fingerprint density at radius 2 is 1.00 bits per heavy atom. The molecule has 0 amide bonds. The molecule has 0 rings (SSSR count). The van der Waals surface area contributed by atoms with Gasteiger partial charge in [0.25, 0.3) is 0 Å². The van der Waals surface area contributed by atoms with Crippen LogP contribution in [0.2, 0.25) is 0 Å². The monoisotopic (exact) mass is 174 g/mol. The van der Waals surface area contributed by atoms with Crippen LogP contribution in [0.3, 0.4) is 0 Å².